The fourth-order valence-corrected chi connectivity index (χ4v) is 2.39. The molecule has 0 spiro atoms. The third kappa shape index (κ3) is 3.98. The maximum Gasteiger partial charge on any atom is 0.255 e. The number of hydrogen-bond donors (Lipinski definition) is 0. The minimum absolute atomic E-state index is 0.0499. The second kappa shape index (κ2) is 7.53. The van der Waals surface area contributed by atoms with Gasteiger partial charge in [-0.15, -0.1) is 5.10 Å². The molecule has 0 saturated heterocycles. The van der Waals surface area contributed by atoms with Crippen molar-refractivity contribution in [2.45, 2.75) is 13.0 Å². The predicted molar refractivity (Wildman–Crippen MR) is 91.8 cm³/mol. The molecule has 0 unspecified atom stereocenters. The molecule has 1 heterocycles. The fourth-order valence-electron chi connectivity index (χ4n) is 2.39. The number of hydrogen-bond acceptors (Lipinski definition) is 5. The Morgan fingerprint density at radius 2 is 1.72 bits per heavy atom. The molecule has 0 saturated carbocycles. The van der Waals surface area contributed by atoms with Crippen LogP contribution in [0.1, 0.15) is 26.4 Å². The zero-order chi connectivity index (χ0) is 17.6. The molecular formula is C19H17N3O3. The molecule has 6 heteroatoms. The zero-order valence-corrected chi connectivity index (χ0v) is 13.8. The van der Waals surface area contributed by atoms with Gasteiger partial charge in [0, 0.05) is 12.1 Å². The number of ketones is 2. The average Bonchev–Trinajstić information content (AvgIpc) is 3.15. The van der Waals surface area contributed by atoms with Crippen LogP contribution in [0.25, 0.3) is 0 Å². The maximum absolute atomic E-state index is 12.3. The van der Waals surface area contributed by atoms with Crippen LogP contribution in [-0.4, -0.2) is 33.7 Å². The van der Waals surface area contributed by atoms with Crippen LogP contribution in [0.5, 0.6) is 5.75 Å². The summed E-state index contributed by atoms with van der Waals surface area (Å²) in [6.07, 6.45) is 2.27. The summed E-state index contributed by atoms with van der Waals surface area (Å²) in [7, 11) is 1.54. The van der Waals surface area contributed by atoms with Gasteiger partial charge in [0.15, 0.2) is 5.69 Å². The van der Waals surface area contributed by atoms with Crippen molar-refractivity contribution in [2.24, 2.45) is 0 Å². The first-order chi connectivity index (χ1) is 12.2. The van der Waals surface area contributed by atoms with E-state index >= 15 is 0 Å². The molecule has 3 rings (SSSR count). The van der Waals surface area contributed by atoms with Gasteiger partial charge in [-0.25, -0.2) is 0 Å². The minimum atomic E-state index is -0.670. The molecule has 0 bridgehead atoms. The molecule has 2 aromatic carbocycles. The van der Waals surface area contributed by atoms with Crippen LogP contribution in [0, 0.1) is 0 Å². The van der Waals surface area contributed by atoms with Gasteiger partial charge in [-0.1, -0.05) is 35.5 Å². The van der Waals surface area contributed by atoms with E-state index in [4.69, 9.17) is 4.74 Å². The number of ether oxygens (including phenoxy) is 1. The molecule has 126 valence electrons. The molecule has 0 atom stereocenters. The number of methoxy groups -OCH3 is 1. The molecule has 0 aliphatic carbocycles. The molecule has 6 nitrogen and oxygen atoms in total. The van der Waals surface area contributed by atoms with Gasteiger partial charge in [0.25, 0.3) is 5.78 Å². The van der Waals surface area contributed by atoms with Crippen LogP contribution in [0.2, 0.25) is 0 Å². The van der Waals surface area contributed by atoms with E-state index in [0.717, 1.165) is 6.42 Å². The highest BCUT2D eigenvalue weighted by Gasteiger charge is 2.21. The molecule has 0 aliphatic rings. The Hall–Kier alpha value is -3.28. The van der Waals surface area contributed by atoms with E-state index in [-0.39, 0.29) is 5.69 Å². The monoisotopic (exact) mass is 335 g/mol. The van der Waals surface area contributed by atoms with Crippen LogP contribution in [0.3, 0.4) is 0 Å². The highest BCUT2D eigenvalue weighted by molar-refractivity contribution is 6.48. The maximum atomic E-state index is 12.3. The summed E-state index contributed by atoms with van der Waals surface area (Å²) >= 11 is 0. The molecule has 0 radical (unpaired) electrons. The SMILES string of the molecule is COc1ccc(C(=O)C(=O)c2cn(CCc3ccccc3)nn2)cc1. The number of carbonyl (C=O) groups excluding carboxylic acids is 2. The second-order valence-electron chi connectivity index (χ2n) is 5.49. The lowest BCUT2D eigenvalue weighted by molar-refractivity contribution is 0.0814. The normalized spacial score (nSPS) is 10.4. The number of aryl methyl sites for hydroxylation is 2. The van der Waals surface area contributed by atoms with E-state index in [2.05, 4.69) is 10.3 Å². The number of carbonyl (C=O) groups is 2. The first kappa shape index (κ1) is 16.6. The molecule has 3 aromatic rings. The summed E-state index contributed by atoms with van der Waals surface area (Å²) in [6, 6.07) is 16.3. The summed E-state index contributed by atoms with van der Waals surface area (Å²) in [4.78, 5) is 24.6. The van der Waals surface area contributed by atoms with E-state index in [0.29, 0.717) is 17.9 Å². The van der Waals surface area contributed by atoms with Crippen molar-refractivity contribution in [2.75, 3.05) is 7.11 Å². The van der Waals surface area contributed by atoms with Crippen LogP contribution < -0.4 is 4.74 Å². The topological polar surface area (TPSA) is 74.1 Å². The largest absolute Gasteiger partial charge is 0.497 e. The van der Waals surface area contributed by atoms with E-state index < -0.39 is 11.6 Å². The van der Waals surface area contributed by atoms with Crippen molar-refractivity contribution < 1.29 is 14.3 Å². The molecular weight excluding hydrogens is 318 g/mol. The second-order valence-corrected chi connectivity index (χ2v) is 5.49. The number of Topliss-reactive ketones (excluding diaryl/α,β-unsaturated/α-hetero) is 2. The van der Waals surface area contributed by atoms with Gasteiger partial charge in [0.2, 0.25) is 5.78 Å². The van der Waals surface area contributed by atoms with Gasteiger partial charge in [-0.05, 0) is 36.2 Å². The lowest BCUT2D eigenvalue weighted by Gasteiger charge is -2.01. The highest BCUT2D eigenvalue weighted by Crippen LogP contribution is 2.13. The molecule has 0 N–H and O–H groups in total. The molecule has 0 amide bonds. The Morgan fingerprint density at radius 3 is 2.40 bits per heavy atom. The quantitative estimate of drug-likeness (QED) is 0.490. The highest BCUT2D eigenvalue weighted by atomic mass is 16.5. The van der Waals surface area contributed by atoms with Gasteiger partial charge < -0.3 is 4.74 Å². The first-order valence-electron chi connectivity index (χ1n) is 7.84. The lowest BCUT2D eigenvalue weighted by atomic mass is 10.1. The third-order valence-electron chi connectivity index (χ3n) is 3.80. The van der Waals surface area contributed by atoms with Crippen molar-refractivity contribution in [3.8, 4) is 5.75 Å². The standard InChI is InChI=1S/C19H17N3O3/c1-25-16-9-7-15(8-10-16)18(23)19(24)17-13-22(21-20-17)12-11-14-5-3-2-4-6-14/h2-10,13H,11-12H2,1H3. The number of benzene rings is 2. The Bertz CT molecular complexity index is 870. The Balaban J connectivity index is 1.66. The van der Waals surface area contributed by atoms with Crippen LogP contribution >= 0.6 is 0 Å². The zero-order valence-electron chi connectivity index (χ0n) is 13.8. The van der Waals surface area contributed by atoms with Gasteiger partial charge in [0.05, 0.1) is 13.3 Å². The van der Waals surface area contributed by atoms with Gasteiger partial charge in [-0.3, -0.25) is 14.3 Å². The number of rotatable bonds is 7. The van der Waals surface area contributed by atoms with E-state index in [1.165, 1.54) is 18.9 Å². The number of nitrogens with zero attached hydrogens (tertiary/aromatic N) is 3. The minimum Gasteiger partial charge on any atom is -0.497 e. The molecule has 1 aromatic heterocycles. The van der Waals surface area contributed by atoms with Gasteiger partial charge in [0.1, 0.15) is 5.75 Å². The predicted octanol–water partition coefficient (Wildman–Crippen LogP) is 2.60. The number of aromatic nitrogens is 3. The summed E-state index contributed by atoms with van der Waals surface area (Å²) in [5.74, 6) is -0.662. The Kier molecular flexibility index (Phi) is 4.99. The van der Waals surface area contributed by atoms with Crippen LogP contribution in [0.4, 0.5) is 0 Å². The van der Waals surface area contributed by atoms with Gasteiger partial charge >= 0.3 is 0 Å². The first-order valence-corrected chi connectivity index (χ1v) is 7.84. The molecule has 25 heavy (non-hydrogen) atoms. The van der Waals surface area contributed by atoms with Crippen molar-refractivity contribution in [1.82, 2.24) is 15.0 Å². The van der Waals surface area contributed by atoms with Crippen molar-refractivity contribution in [1.29, 1.82) is 0 Å². The summed E-state index contributed by atoms with van der Waals surface area (Å²) in [5, 5.41) is 7.76. The van der Waals surface area contributed by atoms with Crippen molar-refractivity contribution >= 4 is 11.6 Å². The Labute approximate surface area is 145 Å². The van der Waals surface area contributed by atoms with E-state index in [1.54, 1.807) is 28.9 Å². The van der Waals surface area contributed by atoms with Crippen molar-refractivity contribution in [3.63, 3.8) is 0 Å². The molecule has 0 fully saturated rings. The average molecular weight is 335 g/mol. The molecule has 0 aliphatic heterocycles. The summed E-state index contributed by atoms with van der Waals surface area (Å²) in [5.41, 5.74) is 1.51. The summed E-state index contributed by atoms with van der Waals surface area (Å²) < 4.78 is 6.61. The van der Waals surface area contributed by atoms with Crippen molar-refractivity contribution in [3.05, 3.63) is 77.6 Å². The summed E-state index contributed by atoms with van der Waals surface area (Å²) in [6.45, 7) is 0.584. The van der Waals surface area contributed by atoms with Crippen LogP contribution in [-0.2, 0) is 13.0 Å². The lowest BCUT2D eigenvalue weighted by Crippen LogP contribution is -2.15. The van der Waals surface area contributed by atoms with E-state index in [9.17, 15) is 9.59 Å². The van der Waals surface area contributed by atoms with Crippen LogP contribution in [0.15, 0.2) is 60.8 Å². The third-order valence-corrected chi connectivity index (χ3v) is 3.80. The van der Waals surface area contributed by atoms with E-state index in [1.807, 2.05) is 30.3 Å². The smallest absolute Gasteiger partial charge is 0.255 e. The fraction of sp³-hybridized carbons (Fsp3) is 0.158. The Morgan fingerprint density at radius 1 is 1.00 bits per heavy atom. The van der Waals surface area contributed by atoms with Gasteiger partial charge in [-0.2, -0.15) is 0 Å².